The topological polar surface area (TPSA) is 69.4 Å². The predicted octanol–water partition coefficient (Wildman–Crippen LogP) is 2.58. The molecule has 0 heterocycles. The number of nitro groups is 1. The molecular weight excluding hydrogens is 246 g/mol. The molecule has 0 atom stereocenters. The summed E-state index contributed by atoms with van der Waals surface area (Å²) in [5.41, 5.74) is -0.264. The zero-order chi connectivity index (χ0) is 13.3. The summed E-state index contributed by atoms with van der Waals surface area (Å²) in [4.78, 5) is 20.5. The number of halogens is 1. The van der Waals surface area contributed by atoms with E-state index < -0.39 is 10.9 Å². The molecule has 5 nitrogen and oxygen atoms in total. The lowest BCUT2D eigenvalue weighted by atomic mass is 10.3. The molecule has 17 heavy (non-hydrogen) atoms. The Kier molecular flexibility index (Phi) is 7.38. The van der Waals surface area contributed by atoms with E-state index in [-0.39, 0.29) is 10.7 Å². The van der Waals surface area contributed by atoms with Gasteiger partial charge < -0.3 is 4.74 Å². The lowest BCUT2D eigenvalue weighted by Gasteiger charge is -1.92. The summed E-state index contributed by atoms with van der Waals surface area (Å²) < 4.78 is 4.38. The summed E-state index contributed by atoms with van der Waals surface area (Å²) >= 11 is 5.67. The van der Waals surface area contributed by atoms with Crippen molar-refractivity contribution in [2.24, 2.45) is 0 Å². The van der Waals surface area contributed by atoms with E-state index in [0.29, 0.717) is 6.42 Å². The Morgan fingerprint density at radius 2 is 2.06 bits per heavy atom. The van der Waals surface area contributed by atoms with Crippen LogP contribution in [0.3, 0.4) is 0 Å². The van der Waals surface area contributed by atoms with Crippen LogP contribution in [0.25, 0.3) is 0 Å². The average Bonchev–Trinajstić information content (AvgIpc) is 2.28. The van der Waals surface area contributed by atoms with Crippen molar-refractivity contribution in [3.63, 3.8) is 0 Å². The molecule has 0 amide bonds. The van der Waals surface area contributed by atoms with Gasteiger partial charge in [0.05, 0.1) is 12.0 Å². The van der Waals surface area contributed by atoms with Gasteiger partial charge in [-0.15, -0.1) is 0 Å². The zero-order valence-electron chi connectivity index (χ0n) is 9.26. The summed E-state index contributed by atoms with van der Waals surface area (Å²) in [5.74, 6) is -0.461. The number of methoxy groups -OCH3 is 1. The molecule has 0 aliphatic carbocycles. The normalized spacial score (nSPS) is 12.6. The van der Waals surface area contributed by atoms with Crippen LogP contribution >= 0.6 is 11.6 Å². The molecule has 0 radical (unpaired) electrons. The number of rotatable bonds is 6. The SMILES string of the molecule is C=C/C(=C(Cl)\C=C/C/C=C/C(=O)OC)[N+](=O)[O-]. The zero-order valence-corrected chi connectivity index (χ0v) is 10.0. The third-order valence-electron chi connectivity index (χ3n) is 1.63. The first-order chi connectivity index (χ1) is 8.02. The highest BCUT2D eigenvalue weighted by Gasteiger charge is 2.09. The predicted molar refractivity (Wildman–Crippen MR) is 65.0 cm³/mol. The molecule has 0 aromatic heterocycles. The van der Waals surface area contributed by atoms with Gasteiger partial charge in [0, 0.05) is 12.2 Å². The summed E-state index contributed by atoms with van der Waals surface area (Å²) in [6, 6.07) is 0. The first-order valence-electron chi connectivity index (χ1n) is 4.60. The summed E-state index contributed by atoms with van der Waals surface area (Å²) in [5, 5.41) is 10.5. The first kappa shape index (κ1) is 15.1. The van der Waals surface area contributed by atoms with E-state index in [9.17, 15) is 14.9 Å². The molecule has 0 aliphatic rings. The van der Waals surface area contributed by atoms with Gasteiger partial charge in [-0.2, -0.15) is 0 Å². The quantitative estimate of drug-likeness (QED) is 0.241. The van der Waals surface area contributed by atoms with Crippen LogP contribution in [0.15, 0.2) is 47.7 Å². The number of allylic oxidation sites excluding steroid dienone is 5. The summed E-state index contributed by atoms with van der Waals surface area (Å²) in [7, 11) is 1.27. The van der Waals surface area contributed by atoms with Crippen LogP contribution in [0.4, 0.5) is 0 Å². The van der Waals surface area contributed by atoms with Crippen molar-refractivity contribution >= 4 is 17.6 Å². The van der Waals surface area contributed by atoms with Gasteiger partial charge in [-0.1, -0.05) is 30.3 Å². The highest BCUT2D eigenvalue weighted by Crippen LogP contribution is 2.13. The van der Waals surface area contributed by atoms with E-state index >= 15 is 0 Å². The largest absolute Gasteiger partial charge is 0.466 e. The fraction of sp³-hybridized carbons (Fsp3) is 0.182. The Morgan fingerprint density at radius 1 is 1.47 bits per heavy atom. The van der Waals surface area contributed by atoms with Crippen molar-refractivity contribution < 1.29 is 14.5 Å². The van der Waals surface area contributed by atoms with Gasteiger partial charge in [0.25, 0.3) is 5.70 Å². The van der Waals surface area contributed by atoms with Gasteiger partial charge >= 0.3 is 5.97 Å². The maximum absolute atomic E-state index is 10.7. The minimum atomic E-state index is -0.621. The monoisotopic (exact) mass is 257 g/mol. The van der Waals surface area contributed by atoms with Gasteiger partial charge in [-0.05, 0) is 12.5 Å². The Hall–Kier alpha value is -1.88. The molecule has 0 aliphatic heterocycles. The van der Waals surface area contributed by atoms with E-state index in [4.69, 9.17) is 11.6 Å². The van der Waals surface area contributed by atoms with Gasteiger partial charge in [0.2, 0.25) is 0 Å². The fourth-order valence-electron chi connectivity index (χ4n) is 0.827. The maximum atomic E-state index is 10.7. The smallest absolute Gasteiger partial charge is 0.330 e. The average molecular weight is 258 g/mol. The third kappa shape index (κ3) is 6.32. The lowest BCUT2D eigenvalue weighted by molar-refractivity contribution is -0.419. The molecule has 0 unspecified atom stereocenters. The van der Waals surface area contributed by atoms with Gasteiger partial charge in [-0.3, -0.25) is 10.1 Å². The molecule has 0 saturated heterocycles. The summed E-state index contributed by atoms with van der Waals surface area (Å²) in [6.07, 6.45) is 7.23. The first-order valence-corrected chi connectivity index (χ1v) is 4.98. The van der Waals surface area contributed by atoms with E-state index in [1.165, 1.54) is 19.3 Å². The molecule has 92 valence electrons. The van der Waals surface area contributed by atoms with E-state index in [1.54, 1.807) is 12.2 Å². The van der Waals surface area contributed by atoms with Gasteiger partial charge in [-0.25, -0.2) is 4.79 Å². The Bertz CT molecular complexity index is 396. The number of nitrogens with zero attached hydrogens (tertiary/aromatic N) is 1. The van der Waals surface area contributed by atoms with E-state index in [0.717, 1.165) is 6.08 Å². The Labute approximate surface area is 104 Å². The molecule has 6 heteroatoms. The van der Waals surface area contributed by atoms with Crippen molar-refractivity contribution in [1.29, 1.82) is 0 Å². The molecule has 0 N–H and O–H groups in total. The van der Waals surface area contributed by atoms with Crippen LogP contribution in [0, 0.1) is 10.1 Å². The van der Waals surface area contributed by atoms with Gasteiger partial charge in [0.1, 0.15) is 5.03 Å². The van der Waals surface area contributed by atoms with Crippen LogP contribution in [0.2, 0.25) is 0 Å². The second-order valence-corrected chi connectivity index (χ2v) is 3.17. The minimum absolute atomic E-state index is 0.0172. The summed E-state index contributed by atoms with van der Waals surface area (Å²) in [6.45, 7) is 3.29. The molecule has 0 fully saturated rings. The Balaban J connectivity index is 4.44. The highest BCUT2D eigenvalue weighted by molar-refractivity contribution is 6.31. The number of carbonyl (C=O) groups excluding carboxylic acids is 1. The van der Waals surface area contributed by atoms with Crippen LogP contribution in [-0.2, 0) is 9.53 Å². The minimum Gasteiger partial charge on any atom is -0.466 e. The molecule has 0 spiro atoms. The van der Waals surface area contributed by atoms with Crippen LogP contribution in [0.5, 0.6) is 0 Å². The van der Waals surface area contributed by atoms with Crippen LogP contribution in [0.1, 0.15) is 6.42 Å². The molecule has 0 aromatic carbocycles. The second-order valence-electron chi connectivity index (χ2n) is 2.76. The van der Waals surface area contributed by atoms with E-state index in [2.05, 4.69) is 11.3 Å². The number of ether oxygens (including phenoxy) is 1. The molecule has 0 saturated carbocycles. The van der Waals surface area contributed by atoms with Crippen LogP contribution in [-0.4, -0.2) is 18.0 Å². The Morgan fingerprint density at radius 3 is 2.53 bits per heavy atom. The molecule has 0 rings (SSSR count). The third-order valence-corrected chi connectivity index (χ3v) is 1.95. The molecule has 0 bridgehead atoms. The van der Waals surface area contributed by atoms with Crippen molar-refractivity contribution in [2.75, 3.05) is 7.11 Å². The van der Waals surface area contributed by atoms with Crippen molar-refractivity contribution in [3.8, 4) is 0 Å². The molecular formula is C11H12ClNO4. The second kappa shape index (κ2) is 8.29. The lowest BCUT2D eigenvalue weighted by Crippen LogP contribution is -1.96. The van der Waals surface area contributed by atoms with Crippen molar-refractivity contribution in [1.82, 2.24) is 0 Å². The van der Waals surface area contributed by atoms with Crippen LogP contribution < -0.4 is 0 Å². The molecule has 0 aromatic rings. The van der Waals surface area contributed by atoms with Crippen molar-refractivity contribution in [3.05, 3.63) is 57.8 Å². The highest BCUT2D eigenvalue weighted by atomic mass is 35.5. The number of hydrogen-bond donors (Lipinski definition) is 0. The standard InChI is InChI=1S/C11H12ClNO4/c1-3-10(13(15)16)9(12)7-5-4-6-8-11(14)17-2/h3,5-8H,1,4H2,2H3/b7-5-,8-6+,10-9-. The number of hydrogen-bond acceptors (Lipinski definition) is 4. The van der Waals surface area contributed by atoms with E-state index in [1.807, 2.05) is 0 Å². The number of esters is 1. The van der Waals surface area contributed by atoms with Gasteiger partial charge in [0.15, 0.2) is 0 Å². The van der Waals surface area contributed by atoms with Crippen molar-refractivity contribution in [2.45, 2.75) is 6.42 Å². The maximum Gasteiger partial charge on any atom is 0.330 e. The fourth-order valence-corrected chi connectivity index (χ4v) is 1.06. The number of carbonyl (C=O) groups is 1.